The normalized spacial score (nSPS) is 19.9. The largest absolute Gasteiger partial charge is 0.411 e. The second kappa shape index (κ2) is 6.93. The number of rotatable bonds is 6. The SMILES string of the molecule is CC(C)(C)NCC(COCC(F)(F)F)C1CCCC1. The van der Waals surface area contributed by atoms with Crippen molar-refractivity contribution in [3.63, 3.8) is 0 Å². The molecule has 114 valence electrons. The third-order valence-electron chi connectivity index (χ3n) is 3.56. The summed E-state index contributed by atoms with van der Waals surface area (Å²) in [6, 6.07) is 0. The van der Waals surface area contributed by atoms with Gasteiger partial charge in [0.1, 0.15) is 6.61 Å². The number of hydrogen-bond donors (Lipinski definition) is 1. The molecule has 1 rings (SSSR count). The lowest BCUT2D eigenvalue weighted by atomic mass is 9.90. The molecule has 1 unspecified atom stereocenters. The summed E-state index contributed by atoms with van der Waals surface area (Å²) in [4.78, 5) is 0. The van der Waals surface area contributed by atoms with Gasteiger partial charge in [0.25, 0.3) is 0 Å². The maximum Gasteiger partial charge on any atom is 0.411 e. The second-order valence-corrected chi connectivity index (χ2v) is 6.57. The molecule has 2 nitrogen and oxygen atoms in total. The molecule has 19 heavy (non-hydrogen) atoms. The molecule has 1 saturated carbocycles. The van der Waals surface area contributed by atoms with Gasteiger partial charge in [0.05, 0.1) is 6.61 Å². The molecule has 0 heterocycles. The zero-order chi connectivity index (χ0) is 14.5. The quantitative estimate of drug-likeness (QED) is 0.800. The first-order chi connectivity index (χ1) is 8.67. The third kappa shape index (κ3) is 7.78. The van der Waals surface area contributed by atoms with Gasteiger partial charge < -0.3 is 10.1 Å². The van der Waals surface area contributed by atoms with E-state index < -0.39 is 12.8 Å². The highest BCUT2D eigenvalue weighted by Crippen LogP contribution is 2.32. The highest BCUT2D eigenvalue weighted by atomic mass is 19.4. The van der Waals surface area contributed by atoms with Crippen molar-refractivity contribution in [3.05, 3.63) is 0 Å². The topological polar surface area (TPSA) is 21.3 Å². The van der Waals surface area contributed by atoms with E-state index in [9.17, 15) is 13.2 Å². The Balaban J connectivity index is 2.40. The van der Waals surface area contributed by atoms with Crippen LogP contribution in [0.25, 0.3) is 0 Å². The van der Waals surface area contributed by atoms with E-state index >= 15 is 0 Å². The lowest BCUT2D eigenvalue weighted by Crippen LogP contribution is -2.42. The molecular formula is C14H26F3NO. The molecule has 0 aromatic carbocycles. The number of ether oxygens (including phenoxy) is 1. The summed E-state index contributed by atoms with van der Waals surface area (Å²) in [7, 11) is 0. The molecule has 0 bridgehead atoms. The van der Waals surface area contributed by atoms with Gasteiger partial charge >= 0.3 is 6.18 Å². The fourth-order valence-corrected chi connectivity index (χ4v) is 2.55. The molecule has 1 atom stereocenters. The van der Waals surface area contributed by atoms with Gasteiger partial charge in [-0.05, 0) is 32.6 Å². The van der Waals surface area contributed by atoms with Crippen LogP contribution in [-0.2, 0) is 4.74 Å². The summed E-state index contributed by atoms with van der Waals surface area (Å²) >= 11 is 0. The first-order valence-electron chi connectivity index (χ1n) is 7.07. The van der Waals surface area contributed by atoms with E-state index in [0.29, 0.717) is 5.92 Å². The van der Waals surface area contributed by atoms with Crippen molar-refractivity contribution in [2.45, 2.75) is 58.2 Å². The van der Waals surface area contributed by atoms with Crippen LogP contribution in [-0.4, -0.2) is 31.5 Å². The zero-order valence-corrected chi connectivity index (χ0v) is 12.1. The van der Waals surface area contributed by atoms with Crippen LogP contribution in [0.4, 0.5) is 13.2 Å². The van der Waals surface area contributed by atoms with Gasteiger partial charge in [-0.25, -0.2) is 0 Å². The number of alkyl halides is 3. The predicted octanol–water partition coefficient (Wildman–Crippen LogP) is 3.76. The van der Waals surface area contributed by atoms with Gasteiger partial charge in [-0.3, -0.25) is 0 Å². The number of halogens is 3. The molecule has 0 spiro atoms. The van der Waals surface area contributed by atoms with Crippen LogP contribution >= 0.6 is 0 Å². The van der Waals surface area contributed by atoms with Crippen molar-refractivity contribution >= 4 is 0 Å². The lowest BCUT2D eigenvalue weighted by Gasteiger charge is -2.29. The van der Waals surface area contributed by atoms with E-state index in [1.807, 2.05) is 0 Å². The summed E-state index contributed by atoms with van der Waals surface area (Å²) in [6.45, 7) is 5.99. The zero-order valence-electron chi connectivity index (χ0n) is 12.1. The summed E-state index contributed by atoms with van der Waals surface area (Å²) in [5.74, 6) is 0.687. The van der Waals surface area contributed by atoms with Crippen LogP contribution in [0.15, 0.2) is 0 Å². The van der Waals surface area contributed by atoms with Crippen LogP contribution in [0.5, 0.6) is 0 Å². The summed E-state index contributed by atoms with van der Waals surface area (Å²) < 4.78 is 41.2. The molecule has 0 aliphatic heterocycles. The Morgan fingerprint density at radius 1 is 1.16 bits per heavy atom. The molecule has 1 N–H and O–H groups in total. The molecule has 0 radical (unpaired) electrons. The molecule has 0 amide bonds. The average Bonchev–Trinajstić information content (AvgIpc) is 2.73. The minimum atomic E-state index is -4.22. The monoisotopic (exact) mass is 281 g/mol. The maximum absolute atomic E-state index is 12.1. The highest BCUT2D eigenvalue weighted by Gasteiger charge is 2.30. The molecular weight excluding hydrogens is 255 g/mol. The van der Waals surface area contributed by atoms with E-state index in [1.54, 1.807) is 0 Å². The Hall–Kier alpha value is -0.290. The molecule has 5 heteroatoms. The Bertz CT molecular complexity index is 254. The van der Waals surface area contributed by atoms with Gasteiger partial charge in [-0.2, -0.15) is 13.2 Å². The van der Waals surface area contributed by atoms with Crippen LogP contribution in [0, 0.1) is 11.8 Å². The minimum Gasteiger partial charge on any atom is -0.372 e. The molecule has 1 fully saturated rings. The van der Waals surface area contributed by atoms with Gasteiger partial charge in [0, 0.05) is 12.1 Å². The Kier molecular flexibility index (Phi) is 6.12. The predicted molar refractivity (Wildman–Crippen MR) is 70.1 cm³/mol. The fourth-order valence-electron chi connectivity index (χ4n) is 2.55. The number of nitrogens with one attached hydrogen (secondary N) is 1. The summed E-state index contributed by atoms with van der Waals surface area (Å²) in [5.41, 5.74) is -0.0130. The van der Waals surface area contributed by atoms with Crippen molar-refractivity contribution in [2.24, 2.45) is 11.8 Å². The first-order valence-corrected chi connectivity index (χ1v) is 7.07. The Morgan fingerprint density at radius 3 is 2.21 bits per heavy atom. The smallest absolute Gasteiger partial charge is 0.372 e. The summed E-state index contributed by atoms with van der Waals surface area (Å²) in [5, 5.41) is 3.39. The second-order valence-electron chi connectivity index (χ2n) is 6.57. The highest BCUT2D eigenvalue weighted by molar-refractivity contribution is 4.80. The molecule has 0 saturated heterocycles. The van der Waals surface area contributed by atoms with Crippen LogP contribution in [0.1, 0.15) is 46.5 Å². The van der Waals surface area contributed by atoms with Crippen LogP contribution in [0.2, 0.25) is 0 Å². The van der Waals surface area contributed by atoms with E-state index in [1.165, 1.54) is 12.8 Å². The lowest BCUT2D eigenvalue weighted by molar-refractivity contribution is -0.177. The average molecular weight is 281 g/mol. The van der Waals surface area contributed by atoms with E-state index in [-0.39, 0.29) is 18.1 Å². The van der Waals surface area contributed by atoms with Gasteiger partial charge in [-0.1, -0.05) is 25.7 Å². The van der Waals surface area contributed by atoms with Crippen LogP contribution < -0.4 is 5.32 Å². The van der Waals surface area contributed by atoms with E-state index in [0.717, 1.165) is 19.4 Å². The van der Waals surface area contributed by atoms with E-state index in [4.69, 9.17) is 4.74 Å². The van der Waals surface area contributed by atoms with Crippen molar-refractivity contribution < 1.29 is 17.9 Å². The fraction of sp³-hybridized carbons (Fsp3) is 1.00. The van der Waals surface area contributed by atoms with Crippen LogP contribution in [0.3, 0.4) is 0 Å². The van der Waals surface area contributed by atoms with Gasteiger partial charge in [0.15, 0.2) is 0 Å². The summed E-state index contributed by atoms with van der Waals surface area (Å²) in [6.07, 6.45) is 0.390. The van der Waals surface area contributed by atoms with E-state index in [2.05, 4.69) is 26.1 Å². The molecule has 0 aromatic heterocycles. The first kappa shape index (κ1) is 16.8. The van der Waals surface area contributed by atoms with Gasteiger partial charge in [0.2, 0.25) is 0 Å². The minimum absolute atomic E-state index is 0.0130. The van der Waals surface area contributed by atoms with Crippen molar-refractivity contribution in [3.8, 4) is 0 Å². The molecule has 1 aliphatic carbocycles. The Morgan fingerprint density at radius 2 is 1.74 bits per heavy atom. The molecule has 1 aliphatic rings. The van der Waals surface area contributed by atoms with Gasteiger partial charge in [-0.15, -0.1) is 0 Å². The Labute approximate surface area is 114 Å². The maximum atomic E-state index is 12.1. The standard InChI is InChI=1S/C14H26F3NO/c1-13(2,3)18-8-12(11-6-4-5-7-11)9-19-10-14(15,16)17/h11-12,18H,4-10H2,1-3H3. The van der Waals surface area contributed by atoms with Crippen molar-refractivity contribution in [2.75, 3.05) is 19.8 Å². The molecule has 0 aromatic rings. The van der Waals surface area contributed by atoms with Crippen molar-refractivity contribution in [1.82, 2.24) is 5.32 Å². The number of hydrogen-bond acceptors (Lipinski definition) is 2. The third-order valence-corrected chi connectivity index (χ3v) is 3.56. The van der Waals surface area contributed by atoms with Crippen molar-refractivity contribution in [1.29, 1.82) is 0 Å².